The van der Waals surface area contributed by atoms with Gasteiger partial charge in [-0.05, 0) is 47.7 Å². The van der Waals surface area contributed by atoms with Crippen molar-refractivity contribution in [2.45, 2.75) is 33.1 Å². The molecule has 0 saturated carbocycles. The van der Waals surface area contributed by atoms with Crippen LogP contribution in [0.4, 0.5) is 0 Å². The summed E-state index contributed by atoms with van der Waals surface area (Å²) in [6, 6.07) is 14.0. The third-order valence-corrected chi connectivity index (χ3v) is 4.23. The Labute approximate surface area is 157 Å². The Morgan fingerprint density at radius 3 is 2.33 bits per heavy atom. The highest BCUT2D eigenvalue weighted by atomic mass is 16.6. The van der Waals surface area contributed by atoms with Crippen LogP contribution in [0, 0.1) is 6.92 Å². The smallest absolute Gasteiger partial charge is 0.349 e. The molecule has 3 rings (SSSR count). The van der Waals surface area contributed by atoms with Crippen LogP contribution in [0.25, 0.3) is 11.0 Å². The van der Waals surface area contributed by atoms with Gasteiger partial charge in [-0.1, -0.05) is 32.9 Å². The van der Waals surface area contributed by atoms with Gasteiger partial charge in [0.15, 0.2) is 6.61 Å². The molecule has 0 saturated heterocycles. The van der Waals surface area contributed by atoms with E-state index in [4.69, 9.17) is 13.9 Å². The maximum absolute atomic E-state index is 12.0. The molecule has 2 aromatic carbocycles. The molecule has 1 heterocycles. The predicted octanol–water partition coefficient (Wildman–Crippen LogP) is 4.38. The van der Waals surface area contributed by atoms with Gasteiger partial charge >= 0.3 is 11.6 Å². The second-order valence-corrected chi connectivity index (χ2v) is 7.44. The van der Waals surface area contributed by atoms with Crippen LogP contribution in [-0.2, 0) is 10.2 Å². The maximum atomic E-state index is 12.0. The van der Waals surface area contributed by atoms with Crippen molar-refractivity contribution in [2.24, 2.45) is 0 Å². The minimum Gasteiger partial charge on any atom is -0.482 e. The molecule has 27 heavy (non-hydrogen) atoms. The lowest BCUT2D eigenvalue weighted by Crippen LogP contribution is -2.18. The summed E-state index contributed by atoms with van der Waals surface area (Å²) in [6.45, 7) is 7.95. The zero-order valence-corrected chi connectivity index (χ0v) is 15.9. The fraction of sp³-hybridized carbons (Fsp3) is 0.273. The van der Waals surface area contributed by atoms with Crippen molar-refractivity contribution in [3.8, 4) is 11.5 Å². The van der Waals surface area contributed by atoms with E-state index in [1.807, 2.05) is 19.1 Å². The summed E-state index contributed by atoms with van der Waals surface area (Å²) in [5.41, 5.74) is 2.02. The van der Waals surface area contributed by atoms with E-state index < -0.39 is 11.6 Å². The fourth-order valence-electron chi connectivity index (χ4n) is 2.72. The quantitative estimate of drug-likeness (QED) is 0.389. The Hall–Kier alpha value is -3.08. The first-order valence-electron chi connectivity index (χ1n) is 8.71. The summed E-state index contributed by atoms with van der Waals surface area (Å²) in [7, 11) is 0. The SMILES string of the molecule is Cc1cc(=O)oc2cc(OCC(=O)Oc3ccc(C(C)(C)C)cc3)ccc12. The Bertz CT molecular complexity index is 1020. The molecule has 0 aliphatic heterocycles. The second-order valence-electron chi connectivity index (χ2n) is 7.44. The minimum absolute atomic E-state index is 0.0368. The van der Waals surface area contributed by atoms with E-state index in [9.17, 15) is 9.59 Å². The van der Waals surface area contributed by atoms with Gasteiger partial charge in [0.2, 0.25) is 0 Å². The lowest BCUT2D eigenvalue weighted by Gasteiger charge is -2.19. The summed E-state index contributed by atoms with van der Waals surface area (Å²) < 4.78 is 15.9. The number of carbonyl (C=O) groups is 1. The topological polar surface area (TPSA) is 65.7 Å². The van der Waals surface area contributed by atoms with Crippen molar-refractivity contribution >= 4 is 16.9 Å². The molecule has 0 atom stereocenters. The van der Waals surface area contributed by atoms with Crippen molar-refractivity contribution in [3.05, 3.63) is 70.1 Å². The van der Waals surface area contributed by atoms with E-state index in [0.29, 0.717) is 17.1 Å². The van der Waals surface area contributed by atoms with Crippen LogP contribution in [0.15, 0.2) is 57.7 Å². The van der Waals surface area contributed by atoms with Gasteiger partial charge in [-0.2, -0.15) is 0 Å². The van der Waals surface area contributed by atoms with Crippen molar-refractivity contribution in [3.63, 3.8) is 0 Å². The monoisotopic (exact) mass is 366 g/mol. The third-order valence-electron chi connectivity index (χ3n) is 4.23. The first kappa shape index (κ1) is 18.7. The van der Waals surface area contributed by atoms with Crippen LogP contribution < -0.4 is 15.1 Å². The molecule has 5 heteroatoms. The highest BCUT2D eigenvalue weighted by Gasteiger charge is 2.14. The summed E-state index contributed by atoms with van der Waals surface area (Å²) in [6.07, 6.45) is 0. The van der Waals surface area contributed by atoms with Gasteiger partial charge in [0, 0.05) is 17.5 Å². The van der Waals surface area contributed by atoms with E-state index in [-0.39, 0.29) is 12.0 Å². The molecule has 140 valence electrons. The molecular formula is C22H22O5. The normalized spacial score (nSPS) is 11.4. The molecule has 0 fully saturated rings. The zero-order chi connectivity index (χ0) is 19.6. The first-order valence-corrected chi connectivity index (χ1v) is 8.71. The highest BCUT2D eigenvalue weighted by molar-refractivity contribution is 5.81. The van der Waals surface area contributed by atoms with Crippen molar-refractivity contribution in [2.75, 3.05) is 6.61 Å². The molecule has 0 bridgehead atoms. The molecule has 0 spiro atoms. The summed E-state index contributed by atoms with van der Waals surface area (Å²) in [5.74, 6) is 0.386. The van der Waals surface area contributed by atoms with E-state index in [2.05, 4.69) is 20.8 Å². The van der Waals surface area contributed by atoms with Gasteiger partial charge in [-0.15, -0.1) is 0 Å². The lowest BCUT2D eigenvalue weighted by molar-refractivity contribution is -0.136. The summed E-state index contributed by atoms with van der Waals surface area (Å²) >= 11 is 0. The van der Waals surface area contributed by atoms with Crippen LogP contribution in [-0.4, -0.2) is 12.6 Å². The predicted molar refractivity (Wildman–Crippen MR) is 103 cm³/mol. The average Bonchev–Trinajstić information content (AvgIpc) is 2.59. The molecule has 0 amide bonds. The Kier molecular flexibility index (Phi) is 5.04. The molecule has 0 aliphatic rings. The van der Waals surface area contributed by atoms with Crippen LogP contribution >= 0.6 is 0 Å². The van der Waals surface area contributed by atoms with Gasteiger partial charge in [-0.3, -0.25) is 0 Å². The number of benzene rings is 2. The van der Waals surface area contributed by atoms with Gasteiger partial charge in [0.05, 0.1) is 0 Å². The minimum atomic E-state index is -0.510. The van der Waals surface area contributed by atoms with Crippen molar-refractivity contribution in [1.82, 2.24) is 0 Å². The molecule has 0 N–H and O–H groups in total. The first-order chi connectivity index (χ1) is 12.7. The van der Waals surface area contributed by atoms with E-state index in [0.717, 1.165) is 16.5 Å². The molecule has 0 aliphatic carbocycles. The third kappa shape index (κ3) is 4.56. The van der Waals surface area contributed by atoms with Gasteiger partial charge in [0.25, 0.3) is 0 Å². The maximum Gasteiger partial charge on any atom is 0.349 e. The number of aryl methyl sites for hydroxylation is 1. The number of ether oxygens (including phenoxy) is 2. The van der Waals surface area contributed by atoms with Gasteiger partial charge < -0.3 is 13.9 Å². The van der Waals surface area contributed by atoms with Gasteiger partial charge in [-0.25, -0.2) is 9.59 Å². The molecule has 0 radical (unpaired) electrons. The Morgan fingerprint density at radius 2 is 1.67 bits per heavy atom. The molecule has 0 unspecified atom stereocenters. The largest absolute Gasteiger partial charge is 0.482 e. The summed E-state index contributed by atoms with van der Waals surface area (Å²) in [4.78, 5) is 23.5. The molecular weight excluding hydrogens is 344 g/mol. The van der Waals surface area contributed by atoms with Crippen LogP contribution in [0.1, 0.15) is 31.9 Å². The van der Waals surface area contributed by atoms with Crippen molar-refractivity contribution in [1.29, 1.82) is 0 Å². The fourth-order valence-corrected chi connectivity index (χ4v) is 2.72. The Balaban J connectivity index is 1.64. The number of rotatable bonds is 4. The number of hydrogen-bond donors (Lipinski definition) is 0. The van der Waals surface area contributed by atoms with Crippen molar-refractivity contribution < 1.29 is 18.7 Å². The van der Waals surface area contributed by atoms with Crippen LogP contribution in [0.5, 0.6) is 11.5 Å². The van der Waals surface area contributed by atoms with Crippen LogP contribution in [0.2, 0.25) is 0 Å². The van der Waals surface area contributed by atoms with Gasteiger partial charge in [0.1, 0.15) is 17.1 Å². The summed E-state index contributed by atoms with van der Waals surface area (Å²) in [5, 5.41) is 0.823. The number of fused-ring (bicyclic) bond motifs is 1. The molecule has 1 aromatic heterocycles. The van der Waals surface area contributed by atoms with E-state index in [1.54, 1.807) is 30.3 Å². The molecule has 5 nitrogen and oxygen atoms in total. The van der Waals surface area contributed by atoms with Crippen LogP contribution in [0.3, 0.4) is 0 Å². The lowest BCUT2D eigenvalue weighted by atomic mass is 9.87. The van der Waals surface area contributed by atoms with E-state index in [1.165, 1.54) is 6.07 Å². The molecule has 3 aromatic rings. The van der Waals surface area contributed by atoms with E-state index >= 15 is 0 Å². The number of carbonyl (C=O) groups excluding carboxylic acids is 1. The second kappa shape index (κ2) is 7.27. The number of esters is 1. The highest BCUT2D eigenvalue weighted by Crippen LogP contribution is 2.25. The number of hydrogen-bond acceptors (Lipinski definition) is 5. The zero-order valence-electron chi connectivity index (χ0n) is 15.9. The Morgan fingerprint density at radius 1 is 1.00 bits per heavy atom. The standard InChI is InChI=1S/C22H22O5/c1-14-11-20(23)27-19-12-17(9-10-18(14)19)25-13-21(24)26-16-7-5-15(6-8-16)22(2,3)4/h5-12H,13H2,1-4H3. The average molecular weight is 366 g/mol.